The maximum Gasteiger partial charge on any atom is 0.220 e. The lowest BCUT2D eigenvalue weighted by atomic mass is 10.2. The van der Waals surface area contributed by atoms with Gasteiger partial charge in [-0.15, -0.1) is 5.54 Å². The van der Waals surface area contributed by atoms with Crippen molar-refractivity contribution in [3.05, 3.63) is 16.7 Å². The molecule has 1 saturated heterocycles. The Hall–Kier alpha value is -1.67. The van der Waals surface area contributed by atoms with E-state index in [-0.39, 0.29) is 38.6 Å². The maximum atomic E-state index is 15.4. The SMILES string of the molecule is CC(C)[Si](C#Cc1nc(Cl)c(F)c2nc(S(C)=O)nc(N3CCOC[C@H]4[C@H](F)[C@H]43)c12)(C(C)C)C(C)C. The molecule has 0 amide bonds. The summed E-state index contributed by atoms with van der Waals surface area (Å²) in [5.74, 6) is 2.42. The molecule has 0 N–H and O–H groups in total. The first kappa shape index (κ1) is 27.4. The van der Waals surface area contributed by atoms with Crippen LogP contribution in [-0.4, -0.2) is 65.5 Å². The molecule has 4 rings (SSSR count). The van der Waals surface area contributed by atoms with Gasteiger partial charge in [-0.1, -0.05) is 59.1 Å². The van der Waals surface area contributed by atoms with E-state index in [9.17, 15) is 8.60 Å². The van der Waals surface area contributed by atoms with Crippen LogP contribution in [0.25, 0.3) is 10.9 Å². The molecular formula is C25H33ClF2N4O2SSi. The van der Waals surface area contributed by atoms with Crippen molar-refractivity contribution in [1.82, 2.24) is 15.0 Å². The number of hydrogen-bond acceptors (Lipinski definition) is 6. The molecule has 0 bridgehead atoms. The van der Waals surface area contributed by atoms with Crippen molar-refractivity contribution in [1.29, 1.82) is 0 Å². The number of pyridine rings is 1. The van der Waals surface area contributed by atoms with E-state index in [1.807, 2.05) is 0 Å². The van der Waals surface area contributed by atoms with Crippen molar-refractivity contribution in [2.75, 3.05) is 30.9 Å². The summed E-state index contributed by atoms with van der Waals surface area (Å²) in [7, 11) is -3.76. The van der Waals surface area contributed by atoms with Gasteiger partial charge in [0.15, 0.2) is 11.0 Å². The predicted octanol–water partition coefficient (Wildman–Crippen LogP) is 5.30. The summed E-state index contributed by atoms with van der Waals surface area (Å²) in [6.07, 6.45) is 0.331. The van der Waals surface area contributed by atoms with Gasteiger partial charge >= 0.3 is 0 Å². The Morgan fingerprint density at radius 1 is 1.14 bits per heavy atom. The largest absolute Gasteiger partial charge is 0.379 e. The zero-order valence-electron chi connectivity index (χ0n) is 21.7. The molecule has 0 aromatic carbocycles. The number of aromatic nitrogens is 3. The van der Waals surface area contributed by atoms with Crippen molar-refractivity contribution < 1.29 is 17.7 Å². The normalized spacial score (nSPS) is 23.0. The van der Waals surface area contributed by atoms with E-state index in [0.717, 1.165) is 0 Å². The monoisotopic (exact) mass is 554 g/mol. The molecule has 0 radical (unpaired) electrons. The molecule has 1 aliphatic carbocycles. The van der Waals surface area contributed by atoms with Crippen LogP contribution >= 0.6 is 11.6 Å². The Bertz CT molecular complexity index is 1240. The number of alkyl halides is 1. The Morgan fingerprint density at radius 3 is 2.36 bits per heavy atom. The Labute approximate surface area is 220 Å². The molecule has 3 heterocycles. The van der Waals surface area contributed by atoms with E-state index in [2.05, 4.69) is 68.0 Å². The van der Waals surface area contributed by atoms with Gasteiger partial charge in [-0.05, 0) is 16.6 Å². The van der Waals surface area contributed by atoms with E-state index in [1.165, 1.54) is 6.26 Å². The number of hydrogen-bond donors (Lipinski definition) is 0. The third-order valence-electron chi connectivity index (χ3n) is 7.68. The number of rotatable bonds is 5. The van der Waals surface area contributed by atoms with E-state index >= 15 is 4.39 Å². The molecule has 1 unspecified atom stereocenters. The molecule has 6 nitrogen and oxygen atoms in total. The van der Waals surface area contributed by atoms with E-state index in [0.29, 0.717) is 36.4 Å². The van der Waals surface area contributed by atoms with Gasteiger partial charge in [0, 0.05) is 18.7 Å². The van der Waals surface area contributed by atoms with E-state index in [4.69, 9.17) is 16.3 Å². The molecule has 1 saturated carbocycles. The van der Waals surface area contributed by atoms with Crippen molar-refractivity contribution >= 4 is 47.2 Å². The highest BCUT2D eigenvalue weighted by Gasteiger charge is 2.56. The zero-order valence-corrected chi connectivity index (χ0v) is 24.3. The summed E-state index contributed by atoms with van der Waals surface area (Å²) in [5.41, 5.74) is 4.89. The average Bonchev–Trinajstić information content (AvgIpc) is 3.49. The first-order valence-electron chi connectivity index (χ1n) is 12.3. The first-order chi connectivity index (χ1) is 16.9. The molecule has 2 aromatic rings. The molecule has 2 aliphatic rings. The lowest BCUT2D eigenvalue weighted by Gasteiger charge is -2.38. The molecule has 2 fully saturated rings. The Balaban J connectivity index is 2.03. The minimum absolute atomic E-state index is 0.0504. The van der Waals surface area contributed by atoms with Crippen LogP contribution in [0.2, 0.25) is 21.8 Å². The lowest BCUT2D eigenvalue weighted by Crippen LogP contribution is -2.43. The smallest absolute Gasteiger partial charge is 0.220 e. The summed E-state index contributed by atoms with van der Waals surface area (Å²) >= 11 is 6.21. The summed E-state index contributed by atoms with van der Waals surface area (Å²) in [6.45, 7) is 14.2. The minimum Gasteiger partial charge on any atom is -0.379 e. The first-order valence-corrected chi connectivity index (χ1v) is 16.5. The van der Waals surface area contributed by atoms with Gasteiger partial charge in [0.2, 0.25) is 5.16 Å². The van der Waals surface area contributed by atoms with Crippen molar-refractivity contribution in [2.24, 2.45) is 5.92 Å². The van der Waals surface area contributed by atoms with Crippen LogP contribution in [0.1, 0.15) is 47.2 Å². The van der Waals surface area contributed by atoms with E-state index in [1.54, 1.807) is 4.90 Å². The minimum atomic E-state index is -2.16. The molecule has 36 heavy (non-hydrogen) atoms. The van der Waals surface area contributed by atoms with Crippen LogP contribution in [0.3, 0.4) is 0 Å². The molecule has 2 aromatic heterocycles. The van der Waals surface area contributed by atoms with Gasteiger partial charge in [0.05, 0.1) is 35.4 Å². The quantitative estimate of drug-likeness (QED) is 0.216. The topological polar surface area (TPSA) is 68.2 Å². The number of nitrogens with zero attached hydrogens (tertiary/aromatic N) is 4. The van der Waals surface area contributed by atoms with Crippen LogP contribution in [0.15, 0.2) is 5.16 Å². The second kappa shape index (κ2) is 10.2. The molecule has 1 aliphatic heterocycles. The van der Waals surface area contributed by atoms with Gasteiger partial charge in [-0.25, -0.2) is 23.7 Å². The van der Waals surface area contributed by atoms with Crippen LogP contribution in [0.4, 0.5) is 14.6 Å². The van der Waals surface area contributed by atoms with Crippen molar-refractivity contribution in [2.45, 2.75) is 75.5 Å². The number of ether oxygens (including phenoxy) is 1. The summed E-state index contributed by atoms with van der Waals surface area (Å²) in [6, 6.07) is -0.459. The molecule has 0 spiro atoms. The van der Waals surface area contributed by atoms with Crippen LogP contribution < -0.4 is 4.90 Å². The van der Waals surface area contributed by atoms with Gasteiger partial charge in [-0.2, -0.15) is 0 Å². The highest BCUT2D eigenvalue weighted by molar-refractivity contribution is 7.84. The van der Waals surface area contributed by atoms with Crippen LogP contribution in [0.5, 0.6) is 0 Å². The second-order valence-electron chi connectivity index (χ2n) is 10.6. The molecule has 196 valence electrons. The maximum absolute atomic E-state index is 15.4. The average molecular weight is 555 g/mol. The molecule has 11 heteroatoms. The summed E-state index contributed by atoms with van der Waals surface area (Å²) < 4.78 is 48.0. The number of anilines is 1. The van der Waals surface area contributed by atoms with Gasteiger partial charge in [0.1, 0.15) is 31.3 Å². The fraction of sp³-hybridized carbons (Fsp3) is 0.640. The molecule has 4 atom stereocenters. The molecular weight excluding hydrogens is 522 g/mol. The predicted molar refractivity (Wildman–Crippen MR) is 143 cm³/mol. The van der Waals surface area contributed by atoms with Gasteiger partial charge in [-0.3, -0.25) is 4.21 Å². The third kappa shape index (κ3) is 4.57. The van der Waals surface area contributed by atoms with Crippen molar-refractivity contribution in [3.8, 4) is 11.5 Å². The highest BCUT2D eigenvalue weighted by atomic mass is 35.5. The number of halogens is 3. The summed E-state index contributed by atoms with van der Waals surface area (Å²) in [4.78, 5) is 14.9. The van der Waals surface area contributed by atoms with Crippen LogP contribution in [0, 0.1) is 23.2 Å². The van der Waals surface area contributed by atoms with Crippen LogP contribution in [-0.2, 0) is 15.5 Å². The standard InChI is InChI=1S/C25H33ClF2N4O2SSi/c1-13(2)36(14(3)4,15(5)6)11-8-17-18-21(20(28)23(26)29-17)30-25(35(7)33)31-24(18)32-9-10-34-12-16-19(27)22(16)32/h13-16,19,22H,9-10,12H2,1-7H3/t16-,19-,22-,35?/m0/s1. The van der Waals surface area contributed by atoms with Crippen molar-refractivity contribution in [3.63, 3.8) is 0 Å². The fourth-order valence-electron chi connectivity index (χ4n) is 5.82. The lowest BCUT2D eigenvalue weighted by molar-refractivity contribution is 0.131. The Morgan fingerprint density at radius 2 is 1.78 bits per heavy atom. The Kier molecular flexibility index (Phi) is 7.78. The zero-order chi connectivity index (χ0) is 26.5. The summed E-state index contributed by atoms with van der Waals surface area (Å²) in [5, 5.41) is -0.134. The number of fused-ring (bicyclic) bond motifs is 2. The third-order valence-corrected chi connectivity index (χ3v) is 14.9. The highest BCUT2D eigenvalue weighted by Crippen LogP contribution is 2.45. The van der Waals surface area contributed by atoms with Gasteiger partial charge in [0.25, 0.3) is 0 Å². The van der Waals surface area contributed by atoms with Gasteiger partial charge < -0.3 is 9.64 Å². The van der Waals surface area contributed by atoms with E-state index < -0.39 is 36.9 Å². The second-order valence-corrected chi connectivity index (χ2v) is 17.8. The fourth-order valence-corrected chi connectivity index (χ4v) is 11.6.